The molecule has 0 fully saturated rings. The third kappa shape index (κ3) is 2.92. The van der Waals surface area contributed by atoms with Crippen LogP contribution in [-0.2, 0) is 0 Å². The van der Waals surface area contributed by atoms with Gasteiger partial charge in [-0.3, -0.25) is 0 Å². The highest BCUT2D eigenvalue weighted by molar-refractivity contribution is 9.10. The predicted octanol–water partition coefficient (Wildman–Crippen LogP) is 2.77. The normalized spacial score (nSPS) is 13.2. The molecule has 13 heavy (non-hydrogen) atoms. The summed E-state index contributed by atoms with van der Waals surface area (Å²) < 4.78 is 1.73. The zero-order valence-electron chi connectivity index (χ0n) is 7.31. The van der Waals surface area contributed by atoms with Gasteiger partial charge in [0, 0.05) is 15.9 Å². The van der Waals surface area contributed by atoms with Gasteiger partial charge in [0.15, 0.2) is 0 Å². The van der Waals surface area contributed by atoms with Crippen molar-refractivity contribution in [3.8, 4) is 0 Å². The largest absolute Gasteiger partial charge is 0.329 e. The fourth-order valence-electron chi connectivity index (χ4n) is 1.08. The summed E-state index contributed by atoms with van der Waals surface area (Å²) in [4.78, 5) is 1.18. The second kappa shape index (κ2) is 5.32. The molecular formula is C8H12BrClN2S. The summed E-state index contributed by atoms with van der Waals surface area (Å²) in [5.74, 6) is 0. The summed E-state index contributed by atoms with van der Waals surface area (Å²) >= 11 is 10.9. The Bertz CT molecular complexity index is 258. The number of halogens is 2. The maximum Gasteiger partial charge on any atom is 0.107 e. The molecule has 1 aromatic heterocycles. The summed E-state index contributed by atoms with van der Waals surface area (Å²) in [6, 6.07) is 2.24. The van der Waals surface area contributed by atoms with Crippen LogP contribution in [0.4, 0.5) is 0 Å². The Kier molecular flexibility index (Phi) is 4.69. The average Bonchev–Trinajstić information content (AvgIpc) is 2.43. The molecule has 74 valence electrons. The van der Waals surface area contributed by atoms with E-state index in [-0.39, 0.29) is 6.04 Å². The van der Waals surface area contributed by atoms with Crippen LogP contribution in [-0.4, -0.2) is 13.1 Å². The number of nitrogens with two attached hydrogens (primary N) is 1. The quantitative estimate of drug-likeness (QED) is 0.892. The van der Waals surface area contributed by atoms with Gasteiger partial charge >= 0.3 is 0 Å². The molecule has 1 atom stereocenters. The van der Waals surface area contributed by atoms with Gasteiger partial charge in [-0.2, -0.15) is 0 Å². The minimum Gasteiger partial charge on any atom is -0.329 e. The molecule has 0 aromatic carbocycles. The molecule has 0 aliphatic carbocycles. The zero-order valence-corrected chi connectivity index (χ0v) is 10.5. The van der Waals surface area contributed by atoms with Gasteiger partial charge in [-0.15, -0.1) is 11.3 Å². The van der Waals surface area contributed by atoms with E-state index < -0.39 is 0 Å². The van der Waals surface area contributed by atoms with E-state index in [4.69, 9.17) is 17.3 Å². The summed E-state index contributed by atoms with van der Waals surface area (Å²) in [6.07, 6.45) is 0. The Morgan fingerprint density at radius 1 is 1.77 bits per heavy atom. The van der Waals surface area contributed by atoms with Gasteiger partial charge in [0.1, 0.15) is 4.34 Å². The maximum absolute atomic E-state index is 5.93. The molecular weight excluding hydrogens is 272 g/mol. The molecule has 1 aromatic rings. The standard InChI is InChI=1S/C8H12BrClN2S/c1-2-12-6(4-11)7-3-5(9)8(10)13-7/h3,6,12H,2,4,11H2,1H3. The van der Waals surface area contributed by atoms with Crippen molar-refractivity contribution < 1.29 is 0 Å². The second-order valence-corrected chi connectivity index (χ2v) is 5.16. The van der Waals surface area contributed by atoms with E-state index in [0.29, 0.717) is 6.54 Å². The Labute approximate surface area is 95.6 Å². The minimum absolute atomic E-state index is 0.221. The van der Waals surface area contributed by atoms with Crippen molar-refractivity contribution in [3.05, 3.63) is 19.8 Å². The first kappa shape index (κ1) is 11.5. The number of likely N-dealkylation sites (N-methyl/N-ethyl adjacent to an activating group) is 1. The molecule has 0 saturated carbocycles. The van der Waals surface area contributed by atoms with E-state index in [1.807, 2.05) is 6.07 Å². The van der Waals surface area contributed by atoms with Crippen LogP contribution in [0.3, 0.4) is 0 Å². The van der Waals surface area contributed by atoms with E-state index in [9.17, 15) is 0 Å². The molecule has 5 heteroatoms. The molecule has 0 saturated heterocycles. The monoisotopic (exact) mass is 282 g/mol. The van der Waals surface area contributed by atoms with Gasteiger partial charge in [-0.05, 0) is 28.5 Å². The van der Waals surface area contributed by atoms with Gasteiger partial charge in [-0.1, -0.05) is 18.5 Å². The van der Waals surface area contributed by atoms with Crippen LogP contribution in [0.5, 0.6) is 0 Å². The number of hydrogen-bond donors (Lipinski definition) is 2. The first-order valence-electron chi connectivity index (χ1n) is 4.07. The van der Waals surface area contributed by atoms with Crippen molar-refractivity contribution >= 4 is 38.9 Å². The molecule has 1 heterocycles. The van der Waals surface area contributed by atoms with Gasteiger partial charge < -0.3 is 11.1 Å². The lowest BCUT2D eigenvalue weighted by Crippen LogP contribution is -2.27. The fraction of sp³-hybridized carbons (Fsp3) is 0.500. The molecule has 0 aliphatic rings. The van der Waals surface area contributed by atoms with Crippen LogP contribution in [0, 0.1) is 0 Å². The molecule has 0 radical (unpaired) electrons. The number of nitrogens with one attached hydrogen (secondary N) is 1. The van der Waals surface area contributed by atoms with Crippen LogP contribution < -0.4 is 11.1 Å². The van der Waals surface area contributed by atoms with Crippen LogP contribution in [0.2, 0.25) is 4.34 Å². The maximum atomic E-state index is 5.93. The molecule has 0 bridgehead atoms. The Hall–Kier alpha value is 0.390. The van der Waals surface area contributed by atoms with E-state index in [1.54, 1.807) is 11.3 Å². The highest BCUT2D eigenvalue weighted by Gasteiger charge is 2.12. The van der Waals surface area contributed by atoms with Crippen LogP contribution >= 0.6 is 38.9 Å². The molecule has 3 N–H and O–H groups in total. The van der Waals surface area contributed by atoms with Crippen LogP contribution in [0.1, 0.15) is 17.8 Å². The van der Waals surface area contributed by atoms with Gasteiger partial charge in [0.2, 0.25) is 0 Å². The van der Waals surface area contributed by atoms with Crippen molar-refractivity contribution in [1.29, 1.82) is 0 Å². The summed E-state index contributed by atoms with van der Waals surface area (Å²) in [6.45, 7) is 3.57. The lowest BCUT2D eigenvalue weighted by Gasteiger charge is -2.12. The summed E-state index contributed by atoms with van der Waals surface area (Å²) in [5, 5.41) is 3.30. The van der Waals surface area contributed by atoms with Crippen molar-refractivity contribution in [3.63, 3.8) is 0 Å². The van der Waals surface area contributed by atoms with Crippen molar-refractivity contribution in [2.45, 2.75) is 13.0 Å². The second-order valence-electron chi connectivity index (χ2n) is 2.62. The van der Waals surface area contributed by atoms with Gasteiger partial charge in [-0.25, -0.2) is 0 Å². The van der Waals surface area contributed by atoms with Gasteiger partial charge in [0.05, 0.1) is 6.04 Å². The first-order chi connectivity index (χ1) is 6.19. The number of rotatable bonds is 4. The smallest absolute Gasteiger partial charge is 0.107 e. The Morgan fingerprint density at radius 2 is 2.46 bits per heavy atom. The van der Waals surface area contributed by atoms with Crippen molar-refractivity contribution in [1.82, 2.24) is 5.32 Å². The lowest BCUT2D eigenvalue weighted by molar-refractivity contribution is 0.570. The lowest BCUT2D eigenvalue weighted by atomic mass is 10.2. The molecule has 0 spiro atoms. The third-order valence-electron chi connectivity index (χ3n) is 1.69. The summed E-state index contributed by atoms with van der Waals surface area (Å²) in [7, 11) is 0. The highest BCUT2D eigenvalue weighted by Crippen LogP contribution is 2.34. The fourth-order valence-corrected chi connectivity index (χ4v) is 2.91. The molecule has 1 unspecified atom stereocenters. The molecule has 1 rings (SSSR count). The number of thiophene rings is 1. The van der Waals surface area contributed by atoms with Crippen LogP contribution in [0.15, 0.2) is 10.5 Å². The third-order valence-corrected chi connectivity index (χ3v) is 4.28. The average molecular weight is 284 g/mol. The Morgan fingerprint density at radius 3 is 2.85 bits per heavy atom. The van der Waals surface area contributed by atoms with E-state index in [2.05, 4.69) is 28.2 Å². The first-order valence-corrected chi connectivity index (χ1v) is 6.06. The number of hydrogen-bond acceptors (Lipinski definition) is 3. The minimum atomic E-state index is 0.221. The Balaban J connectivity index is 2.78. The SMILES string of the molecule is CCNC(CN)c1cc(Br)c(Cl)s1. The van der Waals surface area contributed by atoms with E-state index in [1.165, 1.54) is 4.88 Å². The zero-order chi connectivity index (χ0) is 9.84. The predicted molar refractivity (Wildman–Crippen MR) is 62.5 cm³/mol. The van der Waals surface area contributed by atoms with Crippen molar-refractivity contribution in [2.24, 2.45) is 5.73 Å². The van der Waals surface area contributed by atoms with E-state index >= 15 is 0 Å². The molecule has 0 amide bonds. The summed E-state index contributed by atoms with van der Waals surface area (Å²) in [5.41, 5.74) is 5.64. The van der Waals surface area contributed by atoms with Crippen LogP contribution in [0.25, 0.3) is 0 Å². The highest BCUT2D eigenvalue weighted by atomic mass is 79.9. The topological polar surface area (TPSA) is 38.0 Å². The van der Waals surface area contributed by atoms with E-state index in [0.717, 1.165) is 15.4 Å². The molecule has 0 aliphatic heterocycles. The van der Waals surface area contributed by atoms with Crippen molar-refractivity contribution in [2.75, 3.05) is 13.1 Å². The molecule has 2 nitrogen and oxygen atoms in total. The van der Waals surface area contributed by atoms with Gasteiger partial charge in [0.25, 0.3) is 0 Å².